The summed E-state index contributed by atoms with van der Waals surface area (Å²) in [5, 5.41) is 3.62. The van der Waals surface area contributed by atoms with Crippen molar-refractivity contribution in [2.24, 2.45) is 0 Å². The topological polar surface area (TPSA) is 41.6 Å². The third-order valence-electron chi connectivity index (χ3n) is 5.45. The predicted molar refractivity (Wildman–Crippen MR) is 85.3 cm³/mol. The highest BCUT2D eigenvalue weighted by molar-refractivity contribution is 5.81. The standard InChI is InChI=1S/C17H32N2O2/c1-5-14(6-2)19(3)15-8-7-11-17(12-15,16(20)21-4)18-13-9-10-13/h13-15,18H,5-12H2,1-4H3. The third kappa shape index (κ3) is 3.78. The molecule has 2 unspecified atom stereocenters. The highest BCUT2D eigenvalue weighted by Gasteiger charge is 2.47. The Labute approximate surface area is 129 Å². The molecule has 0 amide bonds. The molecule has 122 valence electrons. The molecule has 4 heteroatoms. The van der Waals surface area contributed by atoms with E-state index in [4.69, 9.17) is 4.74 Å². The maximum atomic E-state index is 12.4. The second kappa shape index (κ2) is 7.10. The molecule has 0 radical (unpaired) electrons. The highest BCUT2D eigenvalue weighted by atomic mass is 16.5. The first kappa shape index (κ1) is 16.8. The molecule has 2 fully saturated rings. The maximum absolute atomic E-state index is 12.4. The van der Waals surface area contributed by atoms with Crippen LogP contribution < -0.4 is 5.32 Å². The zero-order valence-corrected chi connectivity index (χ0v) is 14.2. The van der Waals surface area contributed by atoms with Gasteiger partial charge in [0, 0.05) is 18.1 Å². The van der Waals surface area contributed by atoms with Crippen molar-refractivity contribution in [1.29, 1.82) is 0 Å². The number of rotatable bonds is 7. The average Bonchev–Trinajstić information content (AvgIpc) is 3.31. The van der Waals surface area contributed by atoms with Gasteiger partial charge in [0.15, 0.2) is 0 Å². The molecule has 0 heterocycles. The van der Waals surface area contributed by atoms with Crippen LogP contribution in [-0.4, -0.2) is 48.7 Å². The zero-order valence-electron chi connectivity index (χ0n) is 14.2. The first-order valence-electron chi connectivity index (χ1n) is 8.64. The summed E-state index contributed by atoms with van der Waals surface area (Å²) in [4.78, 5) is 14.9. The van der Waals surface area contributed by atoms with Crippen LogP contribution in [0.2, 0.25) is 0 Å². The van der Waals surface area contributed by atoms with Crippen molar-refractivity contribution in [2.75, 3.05) is 14.2 Å². The van der Waals surface area contributed by atoms with E-state index in [2.05, 4.69) is 31.1 Å². The second-order valence-corrected chi connectivity index (χ2v) is 6.88. The SMILES string of the molecule is CCC(CC)N(C)C1CCCC(NC2CC2)(C(=O)OC)C1. The van der Waals surface area contributed by atoms with Crippen molar-refractivity contribution in [3.63, 3.8) is 0 Å². The zero-order chi connectivity index (χ0) is 15.5. The van der Waals surface area contributed by atoms with Crippen LogP contribution >= 0.6 is 0 Å². The molecule has 2 saturated carbocycles. The van der Waals surface area contributed by atoms with E-state index >= 15 is 0 Å². The van der Waals surface area contributed by atoms with Crippen LogP contribution in [0.3, 0.4) is 0 Å². The van der Waals surface area contributed by atoms with Crippen molar-refractivity contribution in [3.8, 4) is 0 Å². The first-order chi connectivity index (χ1) is 10.1. The van der Waals surface area contributed by atoms with Gasteiger partial charge in [0.2, 0.25) is 0 Å². The lowest BCUT2D eigenvalue weighted by Crippen LogP contribution is -2.59. The van der Waals surface area contributed by atoms with Crippen LogP contribution in [0.25, 0.3) is 0 Å². The number of esters is 1. The number of hydrogen-bond donors (Lipinski definition) is 1. The normalized spacial score (nSPS) is 29.9. The number of hydrogen-bond acceptors (Lipinski definition) is 4. The average molecular weight is 296 g/mol. The number of methoxy groups -OCH3 is 1. The molecule has 1 N–H and O–H groups in total. The quantitative estimate of drug-likeness (QED) is 0.734. The molecule has 0 spiro atoms. The molecule has 2 atom stereocenters. The lowest BCUT2D eigenvalue weighted by atomic mass is 9.77. The molecule has 0 saturated heterocycles. The van der Waals surface area contributed by atoms with E-state index in [1.165, 1.54) is 39.2 Å². The van der Waals surface area contributed by atoms with Gasteiger partial charge >= 0.3 is 5.97 Å². The Balaban J connectivity index is 2.09. The van der Waals surface area contributed by atoms with Crippen molar-refractivity contribution in [1.82, 2.24) is 10.2 Å². The van der Waals surface area contributed by atoms with E-state index in [9.17, 15) is 4.79 Å². The summed E-state index contributed by atoms with van der Waals surface area (Å²) < 4.78 is 5.14. The highest BCUT2D eigenvalue weighted by Crippen LogP contribution is 2.36. The molecule has 2 aliphatic carbocycles. The Kier molecular flexibility index (Phi) is 5.67. The second-order valence-electron chi connectivity index (χ2n) is 6.88. The van der Waals surface area contributed by atoms with Crippen molar-refractivity contribution in [3.05, 3.63) is 0 Å². The number of carbonyl (C=O) groups excluding carboxylic acids is 1. The number of ether oxygens (including phenoxy) is 1. The molecule has 0 aromatic carbocycles. The van der Waals surface area contributed by atoms with E-state index in [1.54, 1.807) is 0 Å². The Morgan fingerprint density at radius 1 is 1.33 bits per heavy atom. The maximum Gasteiger partial charge on any atom is 0.326 e. The number of nitrogens with one attached hydrogen (secondary N) is 1. The Bertz CT molecular complexity index is 353. The summed E-state index contributed by atoms with van der Waals surface area (Å²) in [5.41, 5.74) is -0.445. The fraction of sp³-hybridized carbons (Fsp3) is 0.941. The lowest BCUT2D eigenvalue weighted by Gasteiger charge is -2.44. The largest absolute Gasteiger partial charge is 0.468 e. The van der Waals surface area contributed by atoms with E-state index in [-0.39, 0.29) is 5.97 Å². The van der Waals surface area contributed by atoms with Crippen LogP contribution in [0.1, 0.15) is 65.2 Å². The van der Waals surface area contributed by atoms with Crippen LogP contribution in [-0.2, 0) is 9.53 Å². The van der Waals surface area contributed by atoms with Gasteiger partial charge in [-0.2, -0.15) is 0 Å². The monoisotopic (exact) mass is 296 g/mol. The minimum absolute atomic E-state index is 0.0583. The molecular weight excluding hydrogens is 264 g/mol. The van der Waals surface area contributed by atoms with Gasteiger partial charge in [-0.3, -0.25) is 10.1 Å². The molecular formula is C17H32N2O2. The Morgan fingerprint density at radius 2 is 2.00 bits per heavy atom. The molecule has 4 nitrogen and oxygen atoms in total. The predicted octanol–water partition coefficient (Wildman–Crippen LogP) is 2.71. The van der Waals surface area contributed by atoms with E-state index in [0.717, 1.165) is 19.3 Å². The molecule has 0 aromatic heterocycles. The molecule has 2 rings (SSSR count). The van der Waals surface area contributed by atoms with Gasteiger partial charge in [-0.15, -0.1) is 0 Å². The van der Waals surface area contributed by atoms with Gasteiger partial charge < -0.3 is 9.64 Å². The number of nitrogens with zero attached hydrogens (tertiary/aromatic N) is 1. The Morgan fingerprint density at radius 3 is 2.52 bits per heavy atom. The van der Waals surface area contributed by atoms with E-state index < -0.39 is 5.54 Å². The van der Waals surface area contributed by atoms with Gasteiger partial charge in [-0.05, 0) is 58.4 Å². The van der Waals surface area contributed by atoms with Crippen molar-refractivity contribution < 1.29 is 9.53 Å². The third-order valence-corrected chi connectivity index (χ3v) is 5.45. The summed E-state index contributed by atoms with van der Waals surface area (Å²) in [6.07, 6.45) is 8.85. The van der Waals surface area contributed by atoms with Gasteiger partial charge in [-0.1, -0.05) is 13.8 Å². The van der Waals surface area contributed by atoms with E-state index in [1.807, 2.05) is 0 Å². The van der Waals surface area contributed by atoms with Gasteiger partial charge in [-0.25, -0.2) is 0 Å². The van der Waals surface area contributed by atoms with Gasteiger partial charge in [0.25, 0.3) is 0 Å². The van der Waals surface area contributed by atoms with Crippen LogP contribution in [0.4, 0.5) is 0 Å². The number of carbonyl (C=O) groups is 1. The Hall–Kier alpha value is -0.610. The molecule has 21 heavy (non-hydrogen) atoms. The van der Waals surface area contributed by atoms with Gasteiger partial charge in [0.1, 0.15) is 5.54 Å². The van der Waals surface area contributed by atoms with Crippen LogP contribution in [0.5, 0.6) is 0 Å². The smallest absolute Gasteiger partial charge is 0.326 e. The minimum atomic E-state index is -0.445. The van der Waals surface area contributed by atoms with Crippen LogP contribution in [0, 0.1) is 0 Å². The summed E-state index contributed by atoms with van der Waals surface area (Å²) in [6.45, 7) is 4.51. The van der Waals surface area contributed by atoms with Crippen molar-refractivity contribution >= 4 is 5.97 Å². The fourth-order valence-corrected chi connectivity index (χ4v) is 3.95. The van der Waals surface area contributed by atoms with Crippen LogP contribution in [0.15, 0.2) is 0 Å². The fourth-order valence-electron chi connectivity index (χ4n) is 3.95. The molecule has 0 aromatic rings. The summed E-state index contributed by atoms with van der Waals surface area (Å²) in [5.74, 6) is -0.0583. The summed E-state index contributed by atoms with van der Waals surface area (Å²) in [7, 11) is 3.75. The minimum Gasteiger partial charge on any atom is -0.468 e. The molecule has 0 aliphatic heterocycles. The molecule has 2 aliphatic rings. The van der Waals surface area contributed by atoms with Gasteiger partial charge in [0.05, 0.1) is 7.11 Å². The molecule has 0 bridgehead atoms. The summed E-state index contributed by atoms with van der Waals surface area (Å²) in [6, 6.07) is 1.62. The lowest BCUT2D eigenvalue weighted by molar-refractivity contribution is -0.151. The first-order valence-corrected chi connectivity index (χ1v) is 8.64. The van der Waals surface area contributed by atoms with Crippen molar-refractivity contribution in [2.45, 2.75) is 88.9 Å². The summed E-state index contributed by atoms with van der Waals surface area (Å²) >= 11 is 0. The van der Waals surface area contributed by atoms with E-state index in [0.29, 0.717) is 18.1 Å².